The van der Waals surface area contributed by atoms with Gasteiger partial charge in [-0.2, -0.15) is 0 Å². The van der Waals surface area contributed by atoms with E-state index >= 15 is 0 Å². The Hall–Kier alpha value is -0.160. The highest BCUT2D eigenvalue weighted by molar-refractivity contribution is 4.87. The molecule has 0 aliphatic carbocycles. The molecular weight excluding hydrogens is 214 g/mol. The van der Waals surface area contributed by atoms with Crippen LogP contribution >= 0.6 is 0 Å². The van der Waals surface area contributed by atoms with Gasteiger partial charge in [-0.3, -0.25) is 9.80 Å². The lowest BCUT2D eigenvalue weighted by atomic mass is 10.2. The highest BCUT2D eigenvalue weighted by Gasteiger charge is 2.30. The monoisotopic (exact) mass is 241 g/mol. The van der Waals surface area contributed by atoms with E-state index in [1.807, 2.05) is 0 Å². The summed E-state index contributed by atoms with van der Waals surface area (Å²) in [6, 6.07) is 1.43. The minimum atomic E-state index is 0.668. The van der Waals surface area contributed by atoms with Crippen molar-refractivity contribution in [2.45, 2.75) is 32.4 Å². The van der Waals surface area contributed by atoms with Crippen LogP contribution in [-0.4, -0.2) is 74.4 Å². The Morgan fingerprint density at radius 2 is 2.06 bits per heavy atom. The molecule has 0 aromatic carbocycles. The van der Waals surface area contributed by atoms with Crippen molar-refractivity contribution in [3.8, 4) is 0 Å². The molecule has 2 unspecified atom stereocenters. The summed E-state index contributed by atoms with van der Waals surface area (Å²) in [5.41, 5.74) is 0. The number of rotatable bonds is 5. The summed E-state index contributed by atoms with van der Waals surface area (Å²) in [7, 11) is 0. The standard InChI is InChI=1S/C13H27N3O/c1-3-14-10-12(2)16-5-4-13(11-16)15-6-8-17-9-7-15/h12-14H,3-11H2,1-2H3. The summed E-state index contributed by atoms with van der Waals surface area (Å²) in [6.07, 6.45) is 1.33. The first kappa shape index (κ1) is 13.3. The molecule has 0 spiro atoms. The summed E-state index contributed by atoms with van der Waals surface area (Å²) in [5.74, 6) is 0. The van der Waals surface area contributed by atoms with E-state index in [0.717, 1.165) is 45.4 Å². The fourth-order valence-electron chi connectivity index (χ4n) is 2.89. The number of ether oxygens (including phenoxy) is 1. The molecular formula is C13H27N3O. The number of likely N-dealkylation sites (N-methyl/N-ethyl adjacent to an activating group) is 1. The summed E-state index contributed by atoms with van der Waals surface area (Å²) < 4.78 is 5.42. The zero-order chi connectivity index (χ0) is 12.1. The van der Waals surface area contributed by atoms with E-state index in [1.54, 1.807) is 0 Å². The van der Waals surface area contributed by atoms with Crippen molar-refractivity contribution in [1.29, 1.82) is 0 Å². The molecule has 0 aromatic heterocycles. The maximum Gasteiger partial charge on any atom is 0.0594 e. The van der Waals surface area contributed by atoms with Crippen LogP contribution in [0.2, 0.25) is 0 Å². The zero-order valence-corrected chi connectivity index (χ0v) is 11.3. The van der Waals surface area contributed by atoms with E-state index in [4.69, 9.17) is 4.74 Å². The van der Waals surface area contributed by atoms with Crippen molar-refractivity contribution in [2.24, 2.45) is 0 Å². The van der Waals surface area contributed by atoms with Gasteiger partial charge in [-0.15, -0.1) is 0 Å². The molecule has 0 saturated carbocycles. The first-order valence-corrected chi connectivity index (χ1v) is 7.07. The van der Waals surface area contributed by atoms with E-state index in [-0.39, 0.29) is 0 Å². The molecule has 0 radical (unpaired) electrons. The van der Waals surface area contributed by atoms with Crippen LogP contribution in [0.25, 0.3) is 0 Å². The van der Waals surface area contributed by atoms with Crippen molar-refractivity contribution in [3.05, 3.63) is 0 Å². The number of nitrogens with one attached hydrogen (secondary N) is 1. The molecule has 4 heteroatoms. The zero-order valence-electron chi connectivity index (χ0n) is 11.3. The van der Waals surface area contributed by atoms with E-state index < -0.39 is 0 Å². The van der Waals surface area contributed by atoms with Gasteiger partial charge in [-0.05, 0) is 19.9 Å². The third-order valence-electron chi connectivity index (χ3n) is 4.07. The SMILES string of the molecule is CCNCC(C)N1CCC(N2CCOCC2)C1. The maximum atomic E-state index is 5.42. The minimum Gasteiger partial charge on any atom is -0.379 e. The number of morpholine rings is 1. The number of hydrogen-bond acceptors (Lipinski definition) is 4. The average molecular weight is 241 g/mol. The van der Waals surface area contributed by atoms with Crippen LogP contribution in [-0.2, 0) is 4.74 Å². The molecule has 1 N–H and O–H groups in total. The Bertz CT molecular complexity index is 219. The van der Waals surface area contributed by atoms with Gasteiger partial charge >= 0.3 is 0 Å². The largest absolute Gasteiger partial charge is 0.379 e. The highest BCUT2D eigenvalue weighted by atomic mass is 16.5. The Balaban J connectivity index is 1.74. The normalized spacial score (nSPS) is 29.6. The van der Waals surface area contributed by atoms with Crippen LogP contribution in [0.4, 0.5) is 0 Å². The van der Waals surface area contributed by atoms with E-state index in [2.05, 4.69) is 29.0 Å². The molecule has 0 bridgehead atoms. The summed E-state index contributed by atoms with van der Waals surface area (Å²) in [6.45, 7) is 13.3. The van der Waals surface area contributed by atoms with Gasteiger partial charge in [0, 0.05) is 44.8 Å². The van der Waals surface area contributed by atoms with Crippen molar-refractivity contribution in [2.75, 3.05) is 52.5 Å². The molecule has 2 aliphatic rings. The van der Waals surface area contributed by atoms with Crippen LogP contribution in [0.1, 0.15) is 20.3 Å². The minimum absolute atomic E-state index is 0.668. The second kappa shape index (κ2) is 6.69. The van der Waals surface area contributed by atoms with E-state index in [9.17, 15) is 0 Å². The Labute approximate surface area is 105 Å². The van der Waals surface area contributed by atoms with Crippen molar-refractivity contribution in [3.63, 3.8) is 0 Å². The summed E-state index contributed by atoms with van der Waals surface area (Å²) in [4.78, 5) is 5.24. The third kappa shape index (κ3) is 3.65. The van der Waals surface area contributed by atoms with Gasteiger partial charge in [0.15, 0.2) is 0 Å². The Kier molecular flexibility index (Phi) is 5.22. The van der Waals surface area contributed by atoms with Gasteiger partial charge in [-0.25, -0.2) is 0 Å². The van der Waals surface area contributed by atoms with Crippen molar-refractivity contribution < 1.29 is 4.74 Å². The third-order valence-corrected chi connectivity index (χ3v) is 4.07. The predicted molar refractivity (Wildman–Crippen MR) is 70.4 cm³/mol. The van der Waals surface area contributed by atoms with Crippen LogP contribution in [0.15, 0.2) is 0 Å². The van der Waals surface area contributed by atoms with Gasteiger partial charge in [0.25, 0.3) is 0 Å². The fraction of sp³-hybridized carbons (Fsp3) is 1.00. The molecule has 4 nitrogen and oxygen atoms in total. The predicted octanol–water partition coefficient (Wildman–Crippen LogP) is 0.391. The number of likely N-dealkylation sites (tertiary alicyclic amines) is 1. The topological polar surface area (TPSA) is 27.7 Å². The van der Waals surface area contributed by atoms with Crippen molar-refractivity contribution >= 4 is 0 Å². The van der Waals surface area contributed by atoms with Gasteiger partial charge < -0.3 is 10.1 Å². The molecule has 2 saturated heterocycles. The molecule has 0 aromatic rings. The lowest BCUT2D eigenvalue weighted by Crippen LogP contribution is -2.46. The molecule has 0 amide bonds. The van der Waals surface area contributed by atoms with Crippen LogP contribution in [0, 0.1) is 0 Å². The smallest absolute Gasteiger partial charge is 0.0594 e. The van der Waals surface area contributed by atoms with Crippen LogP contribution in [0.5, 0.6) is 0 Å². The van der Waals surface area contributed by atoms with E-state index in [1.165, 1.54) is 19.5 Å². The van der Waals surface area contributed by atoms with Gasteiger partial charge in [0.2, 0.25) is 0 Å². The van der Waals surface area contributed by atoms with Gasteiger partial charge in [0.05, 0.1) is 13.2 Å². The quantitative estimate of drug-likeness (QED) is 0.754. The summed E-state index contributed by atoms with van der Waals surface area (Å²) in [5, 5.41) is 3.44. The molecule has 2 atom stereocenters. The van der Waals surface area contributed by atoms with Crippen molar-refractivity contribution in [1.82, 2.24) is 15.1 Å². The lowest BCUT2D eigenvalue weighted by molar-refractivity contribution is 0.0178. The number of hydrogen-bond donors (Lipinski definition) is 1. The molecule has 2 rings (SSSR count). The highest BCUT2D eigenvalue weighted by Crippen LogP contribution is 2.18. The molecule has 17 heavy (non-hydrogen) atoms. The van der Waals surface area contributed by atoms with E-state index in [0.29, 0.717) is 6.04 Å². The first-order valence-electron chi connectivity index (χ1n) is 7.07. The van der Waals surface area contributed by atoms with Crippen LogP contribution in [0.3, 0.4) is 0 Å². The first-order chi connectivity index (χ1) is 8.31. The molecule has 2 fully saturated rings. The second-order valence-electron chi connectivity index (χ2n) is 5.24. The molecule has 2 heterocycles. The number of nitrogens with zero attached hydrogens (tertiary/aromatic N) is 2. The van der Waals surface area contributed by atoms with Gasteiger partial charge in [0.1, 0.15) is 0 Å². The Morgan fingerprint density at radius 1 is 1.29 bits per heavy atom. The summed E-state index contributed by atoms with van der Waals surface area (Å²) >= 11 is 0. The lowest BCUT2D eigenvalue weighted by Gasteiger charge is -2.33. The second-order valence-corrected chi connectivity index (χ2v) is 5.24. The Morgan fingerprint density at radius 3 is 2.76 bits per heavy atom. The van der Waals surface area contributed by atoms with Crippen LogP contribution < -0.4 is 5.32 Å². The van der Waals surface area contributed by atoms with Gasteiger partial charge in [-0.1, -0.05) is 6.92 Å². The average Bonchev–Trinajstić information content (AvgIpc) is 2.86. The molecule has 100 valence electrons. The maximum absolute atomic E-state index is 5.42. The fourth-order valence-corrected chi connectivity index (χ4v) is 2.89. The molecule has 2 aliphatic heterocycles.